The third-order valence-electron chi connectivity index (χ3n) is 2.50. The second-order valence-corrected chi connectivity index (χ2v) is 3.92. The highest BCUT2D eigenvalue weighted by molar-refractivity contribution is 5.40. The van der Waals surface area contributed by atoms with E-state index in [1.54, 1.807) is 12.1 Å². The van der Waals surface area contributed by atoms with E-state index in [0.717, 1.165) is 24.3 Å². The predicted molar refractivity (Wildman–Crippen MR) is 76.8 cm³/mol. The Labute approximate surface area is 114 Å². The predicted octanol–water partition coefficient (Wildman–Crippen LogP) is 3.75. The van der Waals surface area contributed by atoms with Crippen LogP contribution in [-0.2, 0) is 6.42 Å². The molecule has 0 aromatic heterocycles. The van der Waals surface area contributed by atoms with Gasteiger partial charge in [-0.15, -0.1) is 0 Å². The third kappa shape index (κ3) is 5.34. The first-order chi connectivity index (χ1) is 9.17. The highest BCUT2D eigenvalue weighted by Crippen LogP contribution is 2.24. The second kappa shape index (κ2) is 8.03. The first kappa shape index (κ1) is 14.9. The molecule has 0 saturated heterocycles. The summed E-state index contributed by atoms with van der Waals surface area (Å²) in [5.74, 6) is 0.844. The largest absolute Gasteiger partial charge is 0.504 e. The molecule has 0 bridgehead atoms. The van der Waals surface area contributed by atoms with Crippen molar-refractivity contribution in [2.45, 2.75) is 20.3 Å². The van der Waals surface area contributed by atoms with E-state index in [9.17, 15) is 0 Å². The Morgan fingerprint density at radius 2 is 1.58 bits per heavy atom. The van der Waals surface area contributed by atoms with Gasteiger partial charge >= 0.3 is 0 Å². The van der Waals surface area contributed by atoms with Crippen LogP contribution in [0.15, 0.2) is 48.5 Å². The average Bonchev–Trinajstić information content (AvgIpc) is 2.44. The number of aryl methyl sites for hydroxylation is 1. The van der Waals surface area contributed by atoms with Crippen molar-refractivity contribution in [2.24, 2.45) is 0 Å². The van der Waals surface area contributed by atoms with Crippen LogP contribution in [0.4, 0.5) is 0 Å². The summed E-state index contributed by atoms with van der Waals surface area (Å²) >= 11 is 0. The number of ether oxygens (including phenoxy) is 1. The molecule has 0 aliphatic heterocycles. The summed E-state index contributed by atoms with van der Waals surface area (Å²) in [4.78, 5) is 0. The lowest BCUT2D eigenvalue weighted by Gasteiger charge is -1.99. The Morgan fingerprint density at radius 3 is 2.11 bits per heavy atom. The van der Waals surface area contributed by atoms with E-state index in [0.29, 0.717) is 0 Å². The highest BCUT2D eigenvalue weighted by atomic mass is 16.5. The quantitative estimate of drug-likeness (QED) is 0.826. The standard InChI is InChI=1S/C8H10O2.C8H10O/c1-2-6-3-4-7(9)8(10)5-6;1-2-9-8-6-4-3-5-7-8/h3-5,9-10H,2H2,1H3;3-7H,2H2,1H3. The number of para-hydroxylation sites is 1. The first-order valence-corrected chi connectivity index (χ1v) is 6.36. The number of rotatable bonds is 3. The summed E-state index contributed by atoms with van der Waals surface area (Å²) in [6, 6.07) is 14.6. The molecule has 0 unspecified atom stereocenters. The molecular weight excluding hydrogens is 240 g/mol. The van der Waals surface area contributed by atoms with Crippen LogP contribution in [0.25, 0.3) is 0 Å². The smallest absolute Gasteiger partial charge is 0.157 e. The molecule has 0 radical (unpaired) electrons. The van der Waals surface area contributed by atoms with Crippen LogP contribution in [0.1, 0.15) is 19.4 Å². The van der Waals surface area contributed by atoms with Crippen molar-refractivity contribution in [3.8, 4) is 17.2 Å². The van der Waals surface area contributed by atoms with Crippen LogP contribution in [0, 0.1) is 0 Å². The van der Waals surface area contributed by atoms with Gasteiger partial charge in [0, 0.05) is 0 Å². The molecule has 0 aliphatic carbocycles. The minimum absolute atomic E-state index is 0.0423. The Bertz CT molecular complexity index is 481. The molecule has 2 aromatic rings. The number of phenols is 2. The summed E-state index contributed by atoms with van der Waals surface area (Å²) < 4.78 is 5.21. The van der Waals surface area contributed by atoms with Crippen LogP contribution < -0.4 is 4.74 Å². The van der Waals surface area contributed by atoms with Crippen LogP contribution in [-0.4, -0.2) is 16.8 Å². The minimum Gasteiger partial charge on any atom is -0.504 e. The van der Waals surface area contributed by atoms with Gasteiger partial charge in [0.25, 0.3) is 0 Å². The Morgan fingerprint density at radius 1 is 0.895 bits per heavy atom. The van der Waals surface area contributed by atoms with Gasteiger partial charge in [0.2, 0.25) is 0 Å². The second-order valence-electron chi connectivity index (χ2n) is 3.92. The zero-order valence-corrected chi connectivity index (χ0v) is 11.3. The summed E-state index contributed by atoms with van der Waals surface area (Å²) in [6.07, 6.45) is 0.869. The minimum atomic E-state index is -0.0581. The Kier molecular flexibility index (Phi) is 6.30. The van der Waals surface area contributed by atoms with Crippen molar-refractivity contribution in [3.63, 3.8) is 0 Å². The molecule has 0 heterocycles. The van der Waals surface area contributed by atoms with E-state index in [4.69, 9.17) is 14.9 Å². The normalized spacial score (nSPS) is 9.37. The third-order valence-corrected chi connectivity index (χ3v) is 2.50. The van der Waals surface area contributed by atoms with E-state index in [2.05, 4.69) is 0 Å². The maximum absolute atomic E-state index is 8.98. The van der Waals surface area contributed by atoms with Gasteiger partial charge < -0.3 is 14.9 Å². The molecule has 0 atom stereocenters. The highest BCUT2D eigenvalue weighted by Gasteiger charge is 1.97. The summed E-state index contributed by atoms with van der Waals surface area (Å²) in [6.45, 7) is 4.71. The van der Waals surface area contributed by atoms with Gasteiger partial charge in [-0.2, -0.15) is 0 Å². The van der Waals surface area contributed by atoms with Crippen molar-refractivity contribution in [3.05, 3.63) is 54.1 Å². The van der Waals surface area contributed by atoms with Crippen LogP contribution in [0.2, 0.25) is 0 Å². The van der Waals surface area contributed by atoms with Crippen LogP contribution in [0.5, 0.6) is 17.2 Å². The molecule has 0 fully saturated rings. The fourth-order valence-corrected chi connectivity index (χ4v) is 1.47. The van der Waals surface area contributed by atoms with Crippen LogP contribution in [0.3, 0.4) is 0 Å². The maximum Gasteiger partial charge on any atom is 0.157 e. The maximum atomic E-state index is 8.98. The van der Waals surface area contributed by atoms with Gasteiger partial charge in [-0.25, -0.2) is 0 Å². The molecule has 0 saturated carbocycles. The molecule has 3 heteroatoms. The first-order valence-electron chi connectivity index (χ1n) is 6.36. The number of hydrogen-bond acceptors (Lipinski definition) is 3. The molecule has 2 rings (SSSR count). The topological polar surface area (TPSA) is 49.7 Å². The molecule has 2 N–H and O–H groups in total. The van der Waals surface area contributed by atoms with Crippen molar-refractivity contribution in [1.29, 1.82) is 0 Å². The zero-order chi connectivity index (χ0) is 14.1. The SMILES string of the molecule is CCOc1ccccc1.CCc1ccc(O)c(O)c1. The van der Waals surface area contributed by atoms with Crippen molar-refractivity contribution < 1.29 is 14.9 Å². The monoisotopic (exact) mass is 260 g/mol. The summed E-state index contributed by atoms with van der Waals surface area (Å²) in [7, 11) is 0. The molecule has 0 spiro atoms. The molecule has 102 valence electrons. The fraction of sp³-hybridized carbons (Fsp3) is 0.250. The van der Waals surface area contributed by atoms with Gasteiger partial charge in [0.05, 0.1) is 6.61 Å². The van der Waals surface area contributed by atoms with Crippen molar-refractivity contribution in [2.75, 3.05) is 6.61 Å². The summed E-state index contributed by atoms with van der Waals surface area (Å²) in [5.41, 5.74) is 1.02. The molecule has 0 aliphatic rings. The Balaban J connectivity index is 0.000000191. The van der Waals surface area contributed by atoms with Crippen molar-refractivity contribution >= 4 is 0 Å². The molecule has 2 aromatic carbocycles. The van der Waals surface area contributed by atoms with E-state index >= 15 is 0 Å². The van der Waals surface area contributed by atoms with Gasteiger partial charge in [0.15, 0.2) is 11.5 Å². The van der Waals surface area contributed by atoms with E-state index < -0.39 is 0 Å². The zero-order valence-electron chi connectivity index (χ0n) is 11.3. The molecular formula is C16H20O3. The number of phenolic OH excluding ortho intramolecular Hbond substituents is 2. The van der Waals surface area contributed by atoms with E-state index in [-0.39, 0.29) is 11.5 Å². The summed E-state index contributed by atoms with van der Waals surface area (Å²) in [5, 5.41) is 17.9. The fourth-order valence-electron chi connectivity index (χ4n) is 1.47. The van der Waals surface area contributed by atoms with Gasteiger partial charge in [-0.1, -0.05) is 31.2 Å². The van der Waals surface area contributed by atoms with E-state index in [1.807, 2.05) is 44.2 Å². The lowest BCUT2D eigenvalue weighted by Crippen LogP contribution is -1.89. The lowest BCUT2D eigenvalue weighted by molar-refractivity contribution is 0.340. The van der Waals surface area contributed by atoms with Gasteiger partial charge in [-0.05, 0) is 43.2 Å². The number of benzene rings is 2. The molecule has 3 nitrogen and oxygen atoms in total. The van der Waals surface area contributed by atoms with Gasteiger partial charge in [-0.3, -0.25) is 0 Å². The molecule has 0 amide bonds. The number of hydrogen-bond donors (Lipinski definition) is 2. The van der Waals surface area contributed by atoms with Gasteiger partial charge in [0.1, 0.15) is 5.75 Å². The Hall–Kier alpha value is -2.16. The average molecular weight is 260 g/mol. The number of aromatic hydroxyl groups is 2. The lowest BCUT2D eigenvalue weighted by atomic mass is 10.1. The molecule has 19 heavy (non-hydrogen) atoms. The van der Waals surface area contributed by atoms with Crippen LogP contribution >= 0.6 is 0 Å². The van der Waals surface area contributed by atoms with E-state index in [1.165, 1.54) is 6.07 Å². The van der Waals surface area contributed by atoms with Crippen molar-refractivity contribution in [1.82, 2.24) is 0 Å².